The smallest absolute Gasteiger partial charge is 0.123 e. The molecule has 2 nitrogen and oxygen atoms in total. The van der Waals surface area contributed by atoms with Crippen LogP contribution in [0.4, 0.5) is 0 Å². The minimum atomic E-state index is 0.104. The molecule has 1 aromatic rings. The first-order chi connectivity index (χ1) is 5.24. The van der Waals surface area contributed by atoms with Crippen LogP contribution in [-0.4, -0.2) is 16.5 Å². The molecule has 60 valence electrons. The lowest BCUT2D eigenvalue weighted by atomic mass is 10.2. The van der Waals surface area contributed by atoms with Gasteiger partial charge in [0.2, 0.25) is 0 Å². The van der Waals surface area contributed by atoms with Crippen LogP contribution < -0.4 is 0 Å². The van der Waals surface area contributed by atoms with Crippen molar-refractivity contribution in [3.05, 3.63) is 23.8 Å². The van der Waals surface area contributed by atoms with Crippen LogP contribution in [0.25, 0.3) is 0 Å². The number of rotatable bonds is 2. The number of benzene rings is 1. The number of hydrogen-bond acceptors (Lipinski definition) is 3. The highest BCUT2D eigenvalue weighted by Crippen LogP contribution is 2.24. The van der Waals surface area contributed by atoms with Crippen molar-refractivity contribution in [2.75, 3.05) is 6.26 Å². The maximum atomic E-state index is 9.25. The zero-order valence-electron chi connectivity index (χ0n) is 6.24. The van der Waals surface area contributed by atoms with Crippen LogP contribution in [0.1, 0.15) is 5.56 Å². The fourth-order valence-corrected chi connectivity index (χ4v) is 1.38. The summed E-state index contributed by atoms with van der Waals surface area (Å²) in [5.41, 5.74) is 0.857. The summed E-state index contributed by atoms with van der Waals surface area (Å²) in [6.07, 6.45) is 1.96. The Bertz CT molecular complexity index is 248. The van der Waals surface area contributed by atoms with Crippen LogP contribution in [0.2, 0.25) is 0 Å². The summed E-state index contributed by atoms with van der Waals surface area (Å²) in [5, 5.41) is 18.2. The summed E-state index contributed by atoms with van der Waals surface area (Å²) < 4.78 is 0. The van der Waals surface area contributed by atoms with E-state index in [1.165, 1.54) is 6.07 Å². The zero-order valence-corrected chi connectivity index (χ0v) is 7.06. The minimum absolute atomic E-state index is 0.104. The molecule has 0 aliphatic rings. The molecule has 0 aliphatic heterocycles. The normalized spacial score (nSPS) is 9.91. The van der Waals surface area contributed by atoms with Gasteiger partial charge in [-0.25, -0.2) is 0 Å². The van der Waals surface area contributed by atoms with Gasteiger partial charge >= 0.3 is 0 Å². The molecule has 2 N–H and O–H groups in total. The Morgan fingerprint density at radius 2 is 2.09 bits per heavy atom. The molecule has 1 aromatic carbocycles. The van der Waals surface area contributed by atoms with Crippen LogP contribution >= 0.6 is 11.8 Å². The summed E-state index contributed by atoms with van der Waals surface area (Å²) in [4.78, 5) is 0. The Balaban J connectivity index is 2.90. The van der Waals surface area contributed by atoms with Gasteiger partial charge in [-0.3, -0.25) is 0 Å². The predicted octanol–water partition coefficient (Wildman–Crippen LogP) is 1.96. The Morgan fingerprint density at radius 1 is 1.36 bits per heavy atom. The second kappa shape index (κ2) is 3.53. The van der Waals surface area contributed by atoms with Crippen molar-refractivity contribution in [1.29, 1.82) is 0 Å². The molecule has 0 fully saturated rings. The second-order valence-electron chi connectivity index (χ2n) is 2.25. The van der Waals surface area contributed by atoms with Crippen molar-refractivity contribution in [3.63, 3.8) is 0 Å². The van der Waals surface area contributed by atoms with E-state index in [-0.39, 0.29) is 11.5 Å². The Morgan fingerprint density at radius 3 is 2.64 bits per heavy atom. The van der Waals surface area contributed by atoms with Gasteiger partial charge in [0.1, 0.15) is 11.5 Å². The molecular formula is C8H10O2S. The zero-order chi connectivity index (χ0) is 8.27. The maximum Gasteiger partial charge on any atom is 0.123 e. The Hall–Kier alpha value is -0.830. The van der Waals surface area contributed by atoms with Crippen molar-refractivity contribution >= 4 is 11.8 Å². The van der Waals surface area contributed by atoms with Crippen molar-refractivity contribution < 1.29 is 10.2 Å². The SMILES string of the molecule is CSCc1ccc(O)cc1O. The number of thioether (sulfide) groups is 1. The average molecular weight is 170 g/mol. The van der Waals surface area contributed by atoms with Gasteiger partial charge in [0.05, 0.1) is 0 Å². The van der Waals surface area contributed by atoms with Crippen LogP contribution in [-0.2, 0) is 5.75 Å². The summed E-state index contributed by atoms with van der Waals surface area (Å²) in [5.74, 6) is 1.04. The van der Waals surface area contributed by atoms with E-state index in [9.17, 15) is 5.11 Å². The summed E-state index contributed by atoms with van der Waals surface area (Å²) >= 11 is 1.63. The van der Waals surface area contributed by atoms with Crippen LogP contribution in [0.3, 0.4) is 0 Å². The summed E-state index contributed by atoms with van der Waals surface area (Å²) in [6, 6.07) is 4.65. The summed E-state index contributed by atoms with van der Waals surface area (Å²) in [6.45, 7) is 0. The molecule has 0 aromatic heterocycles. The Labute approximate surface area is 69.9 Å². The number of hydrogen-bond donors (Lipinski definition) is 2. The first-order valence-electron chi connectivity index (χ1n) is 3.24. The largest absolute Gasteiger partial charge is 0.508 e. The third kappa shape index (κ3) is 2.05. The molecule has 0 radical (unpaired) electrons. The number of aromatic hydroxyl groups is 2. The highest BCUT2D eigenvalue weighted by Gasteiger charge is 1.99. The van der Waals surface area contributed by atoms with E-state index in [2.05, 4.69) is 0 Å². The van der Waals surface area contributed by atoms with E-state index < -0.39 is 0 Å². The van der Waals surface area contributed by atoms with E-state index in [1.54, 1.807) is 23.9 Å². The average Bonchev–Trinajstić information content (AvgIpc) is 1.95. The topological polar surface area (TPSA) is 40.5 Å². The fourth-order valence-electron chi connectivity index (χ4n) is 0.830. The highest BCUT2D eigenvalue weighted by molar-refractivity contribution is 7.97. The maximum absolute atomic E-state index is 9.25. The molecule has 0 unspecified atom stereocenters. The van der Waals surface area contributed by atoms with Crippen LogP contribution in [0.15, 0.2) is 18.2 Å². The molecule has 0 heterocycles. The van der Waals surface area contributed by atoms with Gasteiger partial charge in [0.15, 0.2) is 0 Å². The molecule has 3 heteroatoms. The molecule has 0 aliphatic carbocycles. The number of phenolic OH excluding ortho intramolecular Hbond substituents is 2. The lowest BCUT2D eigenvalue weighted by Gasteiger charge is -2.01. The molecular weight excluding hydrogens is 160 g/mol. The first kappa shape index (κ1) is 8.27. The second-order valence-corrected chi connectivity index (χ2v) is 3.11. The predicted molar refractivity (Wildman–Crippen MR) is 47.0 cm³/mol. The highest BCUT2D eigenvalue weighted by atomic mass is 32.2. The van der Waals surface area contributed by atoms with Crippen molar-refractivity contribution in [2.45, 2.75) is 5.75 Å². The molecule has 0 spiro atoms. The standard InChI is InChI=1S/C8H10O2S/c1-11-5-6-2-3-7(9)4-8(6)10/h2-4,9-10H,5H2,1H3. The van der Waals surface area contributed by atoms with E-state index in [4.69, 9.17) is 5.11 Å². The van der Waals surface area contributed by atoms with E-state index in [0.717, 1.165) is 11.3 Å². The van der Waals surface area contributed by atoms with Gasteiger partial charge in [0, 0.05) is 17.4 Å². The quantitative estimate of drug-likeness (QED) is 0.712. The van der Waals surface area contributed by atoms with Gasteiger partial charge < -0.3 is 10.2 Å². The van der Waals surface area contributed by atoms with Crippen molar-refractivity contribution in [3.8, 4) is 11.5 Å². The van der Waals surface area contributed by atoms with Gasteiger partial charge in [-0.15, -0.1) is 0 Å². The fraction of sp³-hybridized carbons (Fsp3) is 0.250. The first-order valence-corrected chi connectivity index (χ1v) is 4.63. The summed E-state index contributed by atoms with van der Waals surface area (Å²) in [7, 11) is 0. The van der Waals surface area contributed by atoms with E-state index >= 15 is 0 Å². The molecule has 0 saturated heterocycles. The van der Waals surface area contributed by atoms with E-state index in [1.807, 2.05) is 6.26 Å². The van der Waals surface area contributed by atoms with Gasteiger partial charge in [-0.1, -0.05) is 6.07 Å². The third-order valence-electron chi connectivity index (χ3n) is 1.37. The molecule has 0 bridgehead atoms. The van der Waals surface area contributed by atoms with Gasteiger partial charge in [0.25, 0.3) is 0 Å². The van der Waals surface area contributed by atoms with Crippen molar-refractivity contribution in [2.24, 2.45) is 0 Å². The lowest BCUT2D eigenvalue weighted by Crippen LogP contribution is -1.79. The van der Waals surface area contributed by atoms with Gasteiger partial charge in [-0.05, 0) is 12.3 Å². The van der Waals surface area contributed by atoms with Crippen molar-refractivity contribution in [1.82, 2.24) is 0 Å². The Kier molecular flexibility index (Phi) is 2.65. The van der Waals surface area contributed by atoms with Gasteiger partial charge in [-0.2, -0.15) is 11.8 Å². The lowest BCUT2D eigenvalue weighted by molar-refractivity contribution is 0.447. The molecule has 0 amide bonds. The van der Waals surface area contributed by atoms with Crippen LogP contribution in [0.5, 0.6) is 11.5 Å². The number of phenols is 2. The van der Waals surface area contributed by atoms with E-state index in [0.29, 0.717) is 0 Å². The third-order valence-corrected chi connectivity index (χ3v) is 1.97. The monoisotopic (exact) mass is 170 g/mol. The minimum Gasteiger partial charge on any atom is -0.508 e. The molecule has 11 heavy (non-hydrogen) atoms. The molecule has 0 atom stereocenters. The van der Waals surface area contributed by atoms with Crippen LogP contribution in [0, 0.1) is 0 Å². The molecule has 1 rings (SSSR count). The molecule has 0 saturated carbocycles.